The molecular formula is C14H15N3O. The van der Waals surface area contributed by atoms with Crippen molar-refractivity contribution >= 4 is 17.3 Å². The number of carbonyl (C=O) groups is 1. The predicted octanol–water partition coefficient (Wildman–Crippen LogP) is 2.63. The Morgan fingerprint density at radius 1 is 1.22 bits per heavy atom. The molecule has 0 aromatic heterocycles. The molecule has 4 heteroatoms. The molecule has 1 amide bonds. The first-order chi connectivity index (χ1) is 8.71. The molecule has 0 unspecified atom stereocenters. The molecule has 4 nitrogen and oxygen atoms in total. The van der Waals surface area contributed by atoms with Crippen LogP contribution >= 0.6 is 0 Å². The van der Waals surface area contributed by atoms with Crippen LogP contribution in [0.2, 0.25) is 0 Å². The minimum Gasteiger partial charge on any atom is -0.377 e. The van der Waals surface area contributed by atoms with Gasteiger partial charge in [0.15, 0.2) is 0 Å². The van der Waals surface area contributed by atoms with Crippen LogP contribution in [0.1, 0.15) is 37.7 Å². The number of hydrogen-bond donors (Lipinski definition) is 2. The molecule has 3 rings (SSSR count). The molecule has 0 saturated heterocycles. The molecule has 2 N–H and O–H groups in total. The lowest BCUT2D eigenvalue weighted by molar-refractivity contribution is -0.117. The third-order valence-electron chi connectivity index (χ3n) is 3.88. The van der Waals surface area contributed by atoms with Crippen LogP contribution in [0.4, 0.5) is 11.4 Å². The lowest BCUT2D eigenvalue weighted by Crippen LogP contribution is -2.36. The zero-order valence-corrected chi connectivity index (χ0v) is 10.1. The first-order valence-electron chi connectivity index (χ1n) is 6.33. The Morgan fingerprint density at radius 3 is 2.72 bits per heavy atom. The number of amides is 1. The van der Waals surface area contributed by atoms with Gasteiger partial charge in [-0.25, -0.2) is 0 Å². The molecule has 1 aromatic rings. The van der Waals surface area contributed by atoms with E-state index in [1.54, 1.807) is 12.1 Å². The van der Waals surface area contributed by atoms with E-state index in [1.807, 2.05) is 6.07 Å². The quantitative estimate of drug-likeness (QED) is 0.733. The number of nitriles is 1. The maximum atomic E-state index is 11.9. The highest BCUT2D eigenvalue weighted by atomic mass is 16.1. The third kappa shape index (κ3) is 1.82. The average Bonchev–Trinajstić information content (AvgIpc) is 2.73. The summed E-state index contributed by atoms with van der Waals surface area (Å²) in [5, 5.41) is 15.4. The highest BCUT2D eigenvalue weighted by Crippen LogP contribution is 2.40. The highest BCUT2D eigenvalue weighted by molar-refractivity contribution is 5.97. The Hall–Kier alpha value is -2.02. The third-order valence-corrected chi connectivity index (χ3v) is 3.88. The van der Waals surface area contributed by atoms with Crippen molar-refractivity contribution < 1.29 is 4.79 Å². The van der Waals surface area contributed by atoms with E-state index in [0.717, 1.165) is 37.1 Å². The number of fused-ring (bicyclic) bond motifs is 1. The normalized spacial score (nSPS) is 20.5. The summed E-state index contributed by atoms with van der Waals surface area (Å²) < 4.78 is 0. The van der Waals surface area contributed by atoms with E-state index in [1.165, 1.54) is 0 Å². The summed E-state index contributed by atoms with van der Waals surface area (Å²) in [6.45, 7) is 0. The Balaban J connectivity index is 2.03. The van der Waals surface area contributed by atoms with Gasteiger partial charge in [-0.1, -0.05) is 12.8 Å². The van der Waals surface area contributed by atoms with Crippen LogP contribution in [0.25, 0.3) is 0 Å². The fraction of sp³-hybridized carbons (Fsp3) is 0.429. The van der Waals surface area contributed by atoms with Crippen molar-refractivity contribution in [1.82, 2.24) is 0 Å². The second-order valence-electron chi connectivity index (χ2n) is 5.21. The van der Waals surface area contributed by atoms with Crippen LogP contribution < -0.4 is 10.6 Å². The molecule has 92 valence electrons. The first-order valence-corrected chi connectivity index (χ1v) is 6.33. The van der Waals surface area contributed by atoms with Crippen LogP contribution in [0, 0.1) is 11.3 Å². The zero-order chi connectivity index (χ0) is 12.6. The number of anilines is 2. The van der Waals surface area contributed by atoms with Gasteiger partial charge in [-0.2, -0.15) is 5.26 Å². The molecule has 0 radical (unpaired) electrons. The van der Waals surface area contributed by atoms with E-state index < -0.39 is 0 Å². The largest absolute Gasteiger partial charge is 0.377 e. The summed E-state index contributed by atoms with van der Waals surface area (Å²) in [5.41, 5.74) is 2.17. The maximum absolute atomic E-state index is 11.9. The van der Waals surface area contributed by atoms with Crippen LogP contribution in [-0.2, 0) is 4.79 Å². The number of nitrogens with one attached hydrogen (secondary N) is 2. The average molecular weight is 241 g/mol. The molecule has 1 fully saturated rings. The van der Waals surface area contributed by atoms with E-state index in [9.17, 15) is 4.79 Å². The van der Waals surface area contributed by atoms with Crippen molar-refractivity contribution in [3.05, 3.63) is 23.8 Å². The van der Waals surface area contributed by atoms with Gasteiger partial charge in [0, 0.05) is 12.0 Å². The number of carbonyl (C=O) groups excluding carboxylic acids is 1. The van der Waals surface area contributed by atoms with Crippen LogP contribution in [-0.4, -0.2) is 11.4 Å². The van der Waals surface area contributed by atoms with Gasteiger partial charge in [0.25, 0.3) is 0 Å². The lowest BCUT2D eigenvalue weighted by Gasteiger charge is -2.28. The fourth-order valence-corrected chi connectivity index (χ4v) is 3.01. The first kappa shape index (κ1) is 11.1. The Bertz CT molecular complexity index is 538. The second-order valence-corrected chi connectivity index (χ2v) is 5.21. The van der Waals surface area contributed by atoms with Gasteiger partial charge < -0.3 is 10.6 Å². The van der Waals surface area contributed by atoms with Gasteiger partial charge in [-0.15, -0.1) is 0 Å². The zero-order valence-electron chi connectivity index (χ0n) is 10.1. The van der Waals surface area contributed by atoms with Crippen molar-refractivity contribution in [2.24, 2.45) is 0 Å². The lowest BCUT2D eigenvalue weighted by atomic mass is 9.93. The molecule has 1 heterocycles. The molecule has 18 heavy (non-hydrogen) atoms. The van der Waals surface area contributed by atoms with Crippen LogP contribution in [0.5, 0.6) is 0 Å². The number of rotatable bonds is 0. The molecule has 2 aliphatic rings. The fourth-order valence-electron chi connectivity index (χ4n) is 3.01. The SMILES string of the molecule is N#Cc1ccc2c(c1)NC1(CCCC1)CC(=O)N2. The smallest absolute Gasteiger partial charge is 0.226 e. The van der Waals surface area contributed by atoms with Crippen molar-refractivity contribution in [2.45, 2.75) is 37.6 Å². The van der Waals surface area contributed by atoms with Crippen molar-refractivity contribution in [2.75, 3.05) is 10.6 Å². The predicted molar refractivity (Wildman–Crippen MR) is 69.2 cm³/mol. The molecule has 1 aliphatic carbocycles. The van der Waals surface area contributed by atoms with Gasteiger partial charge >= 0.3 is 0 Å². The van der Waals surface area contributed by atoms with Gasteiger partial charge in [-0.05, 0) is 31.0 Å². The molecule has 0 bridgehead atoms. The number of hydrogen-bond acceptors (Lipinski definition) is 3. The maximum Gasteiger partial charge on any atom is 0.226 e. The van der Waals surface area contributed by atoms with E-state index in [2.05, 4.69) is 16.7 Å². The summed E-state index contributed by atoms with van der Waals surface area (Å²) >= 11 is 0. The van der Waals surface area contributed by atoms with Crippen LogP contribution in [0.3, 0.4) is 0 Å². The van der Waals surface area contributed by atoms with E-state index in [0.29, 0.717) is 12.0 Å². The van der Waals surface area contributed by atoms with E-state index in [4.69, 9.17) is 5.26 Å². The van der Waals surface area contributed by atoms with Crippen molar-refractivity contribution in [1.29, 1.82) is 5.26 Å². The summed E-state index contributed by atoms with van der Waals surface area (Å²) in [6.07, 6.45) is 4.89. The van der Waals surface area contributed by atoms with Gasteiger partial charge in [-0.3, -0.25) is 4.79 Å². The molecule has 1 aliphatic heterocycles. The Morgan fingerprint density at radius 2 is 2.00 bits per heavy atom. The van der Waals surface area contributed by atoms with Crippen molar-refractivity contribution in [3.63, 3.8) is 0 Å². The molecule has 0 atom stereocenters. The summed E-state index contributed by atoms with van der Waals surface area (Å²) in [4.78, 5) is 11.9. The monoisotopic (exact) mass is 241 g/mol. The topological polar surface area (TPSA) is 64.9 Å². The minimum absolute atomic E-state index is 0.0628. The Kier molecular flexibility index (Phi) is 2.48. The summed E-state index contributed by atoms with van der Waals surface area (Å²) in [7, 11) is 0. The highest BCUT2D eigenvalue weighted by Gasteiger charge is 2.38. The summed E-state index contributed by atoms with van der Waals surface area (Å²) in [6, 6.07) is 7.48. The number of nitrogens with zero attached hydrogens (tertiary/aromatic N) is 1. The second kappa shape index (κ2) is 4.02. The number of benzene rings is 1. The van der Waals surface area contributed by atoms with E-state index >= 15 is 0 Å². The minimum atomic E-state index is -0.108. The summed E-state index contributed by atoms with van der Waals surface area (Å²) in [5.74, 6) is 0.0628. The molecule has 1 aromatic carbocycles. The Labute approximate surface area is 106 Å². The van der Waals surface area contributed by atoms with E-state index in [-0.39, 0.29) is 11.4 Å². The molecular weight excluding hydrogens is 226 g/mol. The van der Waals surface area contributed by atoms with Gasteiger partial charge in [0.2, 0.25) is 5.91 Å². The van der Waals surface area contributed by atoms with Crippen molar-refractivity contribution in [3.8, 4) is 6.07 Å². The standard InChI is InChI=1S/C14H15N3O/c15-9-10-3-4-11-12(7-10)17-14(5-1-2-6-14)8-13(18)16-11/h3-4,7,17H,1-2,5-6,8H2,(H,16,18). The van der Waals surface area contributed by atoms with Gasteiger partial charge in [0.1, 0.15) is 0 Å². The molecule has 1 saturated carbocycles. The van der Waals surface area contributed by atoms with Gasteiger partial charge in [0.05, 0.1) is 23.0 Å². The molecule has 1 spiro atoms. The van der Waals surface area contributed by atoms with Crippen LogP contribution in [0.15, 0.2) is 18.2 Å².